The Morgan fingerprint density at radius 3 is 2.88 bits per heavy atom. The summed E-state index contributed by atoms with van der Waals surface area (Å²) in [5.74, 6) is 0.218. The number of nitriles is 1. The van der Waals surface area contributed by atoms with E-state index in [2.05, 4.69) is 25.0 Å². The van der Waals surface area contributed by atoms with Crippen molar-refractivity contribution in [2.45, 2.75) is 58.9 Å². The predicted molar refractivity (Wildman–Crippen MR) is 92.9 cm³/mol. The van der Waals surface area contributed by atoms with Gasteiger partial charge in [0.15, 0.2) is 5.78 Å². The summed E-state index contributed by atoms with van der Waals surface area (Å²) in [5.41, 5.74) is 7.50. The van der Waals surface area contributed by atoms with Gasteiger partial charge in [0.1, 0.15) is 17.4 Å². The highest BCUT2D eigenvalue weighted by atomic mass is 16.5. The molecule has 0 saturated carbocycles. The Kier molecular flexibility index (Phi) is 4.19. The van der Waals surface area contributed by atoms with E-state index in [9.17, 15) is 10.1 Å². The number of nitrogens with zero attached hydrogens (tertiary/aromatic N) is 3. The largest absolute Gasteiger partial charge is 0.444 e. The summed E-state index contributed by atoms with van der Waals surface area (Å²) in [6.07, 6.45) is 5.64. The molecule has 1 aromatic heterocycles. The van der Waals surface area contributed by atoms with Gasteiger partial charge in [0, 0.05) is 36.2 Å². The third-order valence-electron chi connectivity index (χ3n) is 5.07. The maximum Gasteiger partial charge on any atom is 0.205 e. The fourth-order valence-corrected chi connectivity index (χ4v) is 3.55. The normalized spacial score (nSPS) is 23.8. The van der Waals surface area contributed by atoms with E-state index in [1.165, 1.54) is 0 Å². The Morgan fingerprint density at radius 1 is 1.52 bits per heavy atom. The van der Waals surface area contributed by atoms with E-state index in [0.717, 1.165) is 12.0 Å². The Bertz CT molecular complexity index is 823. The third kappa shape index (κ3) is 2.95. The first-order chi connectivity index (χ1) is 11.8. The second-order valence-corrected chi connectivity index (χ2v) is 7.71. The molecule has 25 heavy (non-hydrogen) atoms. The lowest BCUT2D eigenvalue weighted by Gasteiger charge is -2.36. The van der Waals surface area contributed by atoms with Gasteiger partial charge < -0.3 is 10.5 Å². The van der Waals surface area contributed by atoms with Crippen LogP contribution in [0.15, 0.2) is 35.2 Å². The highest BCUT2D eigenvalue weighted by molar-refractivity contribution is 6.00. The van der Waals surface area contributed by atoms with Gasteiger partial charge in [-0.2, -0.15) is 10.4 Å². The van der Waals surface area contributed by atoms with Crippen molar-refractivity contribution >= 4 is 5.78 Å². The van der Waals surface area contributed by atoms with E-state index in [4.69, 9.17) is 10.5 Å². The summed E-state index contributed by atoms with van der Waals surface area (Å²) in [4.78, 5) is 12.9. The number of aromatic nitrogens is 2. The van der Waals surface area contributed by atoms with Gasteiger partial charge in [-0.1, -0.05) is 20.8 Å². The van der Waals surface area contributed by atoms with Crippen LogP contribution in [0.1, 0.15) is 64.5 Å². The molecule has 0 amide bonds. The van der Waals surface area contributed by atoms with Gasteiger partial charge in [-0.3, -0.25) is 9.48 Å². The Hall–Kier alpha value is -2.55. The molecular weight excluding hydrogens is 316 g/mol. The number of hydrogen-bond donors (Lipinski definition) is 1. The van der Waals surface area contributed by atoms with Gasteiger partial charge in [0.25, 0.3) is 0 Å². The highest BCUT2D eigenvalue weighted by Crippen LogP contribution is 2.47. The second-order valence-electron chi connectivity index (χ2n) is 7.71. The van der Waals surface area contributed by atoms with Crippen molar-refractivity contribution in [2.24, 2.45) is 11.1 Å². The van der Waals surface area contributed by atoms with Gasteiger partial charge in [-0.25, -0.2) is 0 Å². The van der Waals surface area contributed by atoms with Crippen LogP contribution in [0.3, 0.4) is 0 Å². The van der Waals surface area contributed by atoms with Crippen LogP contribution in [0.2, 0.25) is 0 Å². The van der Waals surface area contributed by atoms with Gasteiger partial charge in [0.05, 0.1) is 12.1 Å². The predicted octanol–water partition coefficient (Wildman–Crippen LogP) is 3.30. The Balaban J connectivity index is 2.11. The zero-order valence-electron chi connectivity index (χ0n) is 15.2. The van der Waals surface area contributed by atoms with Crippen molar-refractivity contribution in [1.29, 1.82) is 5.26 Å². The zero-order chi connectivity index (χ0) is 18.4. The summed E-state index contributed by atoms with van der Waals surface area (Å²) < 4.78 is 7.56. The average molecular weight is 340 g/mol. The summed E-state index contributed by atoms with van der Waals surface area (Å²) in [7, 11) is 0. The molecule has 2 aliphatic rings. The smallest absolute Gasteiger partial charge is 0.205 e. The maximum atomic E-state index is 12.9. The lowest BCUT2D eigenvalue weighted by molar-refractivity contribution is -0.119. The summed E-state index contributed by atoms with van der Waals surface area (Å²) >= 11 is 0. The Morgan fingerprint density at radius 2 is 2.24 bits per heavy atom. The molecule has 2 heterocycles. The van der Waals surface area contributed by atoms with Crippen LogP contribution in [0.5, 0.6) is 0 Å². The number of nitrogens with two attached hydrogens (primary N) is 1. The quantitative estimate of drug-likeness (QED) is 0.911. The second kappa shape index (κ2) is 6.07. The van der Waals surface area contributed by atoms with Crippen LogP contribution in [0.25, 0.3) is 0 Å². The van der Waals surface area contributed by atoms with Crippen LogP contribution >= 0.6 is 0 Å². The monoisotopic (exact) mass is 340 g/mol. The van der Waals surface area contributed by atoms with Gasteiger partial charge in [-0.15, -0.1) is 0 Å². The first-order valence-electron chi connectivity index (χ1n) is 8.65. The van der Waals surface area contributed by atoms with Crippen molar-refractivity contribution in [1.82, 2.24) is 9.78 Å². The molecule has 0 fully saturated rings. The summed E-state index contributed by atoms with van der Waals surface area (Å²) in [6, 6.07) is 2.38. The van der Waals surface area contributed by atoms with E-state index >= 15 is 0 Å². The number of ketones is 1. The van der Waals surface area contributed by atoms with Crippen LogP contribution in [-0.2, 0) is 9.53 Å². The number of rotatable bonds is 3. The molecule has 6 nitrogen and oxygen atoms in total. The van der Waals surface area contributed by atoms with E-state index < -0.39 is 5.92 Å². The van der Waals surface area contributed by atoms with Crippen LogP contribution < -0.4 is 5.73 Å². The number of Topliss-reactive ketones (excluding diaryl/α,β-unsaturated/α-hetero) is 1. The molecule has 2 atom stereocenters. The first-order valence-corrected chi connectivity index (χ1v) is 8.65. The molecule has 3 rings (SSSR count). The van der Waals surface area contributed by atoms with Gasteiger partial charge in [-0.05, 0) is 18.8 Å². The highest BCUT2D eigenvalue weighted by Gasteiger charge is 2.43. The van der Waals surface area contributed by atoms with Crippen LogP contribution in [0.4, 0.5) is 0 Å². The molecule has 1 aliphatic carbocycles. The molecule has 1 aliphatic heterocycles. The fraction of sp³-hybridized carbons (Fsp3) is 0.526. The number of hydrogen-bond acceptors (Lipinski definition) is 5. The van der Waals surface area contributed by atoms with E-state index in [1.807, 2.05) is 24.7 Å². The topological polar surface area (TPSA) is 93.9 Å². The molecule has 2 N–H and O–H groups in total. The van der Waals surface area contributed by atoms with E-state index in [0.29, 0.717) is 24.2 Å². The average Bonchev–Trinajstić information content (AvgIpc) is 3.01. The lowest BCUT2D eigenvalue weighted by atomic mass is 9.70. The van der Waals surface area contributed by atoms with Crippen LogP contribution in [0, 0.1) is 16.7 Å². The van der Waals surface area contributed by atoms with Crippen molar-refractivity contribution in [2.75, 3.05) is 0 Å². The van der Waals surface area contributed by atoms with Crippen molar-refractivity contribution in [3.63, 3.8) is 0 Å². The molecule has 0 radical (unpaired) electrons. The van der Waals surface area contributed by atoms with Gasteiger partial charge in [0.2, 0.25) is 5.88 Å². The zero-order valence-corrected chi connectivity index (χ0v) is 15.2. The first kappa shape index (κ1) is 17.3. The van der Waals surface area contributed by atoms with E-state index in [1.54, 1.807) is 6.20 Å². The molecule has 132 valence electrons. The molecule has 0 bridgehead atoms. The SMILES string of the molecule is CC[C@H](C)n1cc([C@H]2C(C#N)=C(N)OC3=C2C(=O)CC(C)(C)C3)cn1. The van der Waals surface area contributed by atoms with Crippen LogP contribution in [-0.4, -0.2) is 15.6 Å². The minimum Gasteiger partial charge on any atom is -0.444 e. The molecule has 0 saturated heterocycles. The number of ether oxygens (including phenoxy) is 1. The minimum atomic E-state index is -0.491. The van der Waals surface area contributed by atoms with Crippen molar-refractivity contribution in [3.05, 3.63) is 40.7 Å². The van der Waals surface area contributed by atoms with Gasteiger partial charge >= 0.3 is 0 Å². The van der Waals surface area contributed by atoms with E-state index in [-0.39, 0.29) is 28.7 Å². The third-order valence-corrected chi connectivity index (χ3v) is 5.07. The van der Waals surface area contributed by atoms with Crippen molar-refractivity contribution in [3.8, 4) is 6.07 Å². The number of carbonyl (C=O) groups is 1. The maximum absolute atomic E-state index is 12.9. The molecular formula is C19H24N4O2. The minimum absolute atomic E-state index is 0.0211. The molecule has 1 aromatic rings. The lowest BCUT2D eigenvalue weighted by Crippen LogP contribution is -2.33. The summed E-state index contributed by atoms with van der Waals surface area (Å²) in [6.45, 7) is 8.24. The molecule has 0 spiro atoms. The Labute approximate surface area is 147 Å². The molecule has 0 unspecified atom stereocenters. The standard InChI is InChI=1S/C19H24N4O2/c1-5-11(2)23-10-12(9-22-23)16-13(8-20)18(21)25-15-7-19(3,4)6-14(24)17(15)16/h9-11,16H,5-7,21H2,1-4H3/t11-,16-/m0/s1. The van der Waals surface area contributed by atoms with Crippen molar-refractivity contribution < 1.29 is 9.53 Å². The number of allylic oxidation sites excluding steroid dienone is 3. The molecule has 0 aromatic carbocycles. The fourth-order valence-electron chi connectivity index (χ4n) is 3.55. The number of carbonyl (C=O) groups excluding carboxylic acids is 1. The summed E-state index contributed by atoms with van der Waals surface area (Å²) in [5, 5.41) is 14.0. The molecule has 6 heteroatoms.